The van der Waals surface area contributed by atoms with Gasteiger partial charge >= 0.3 is 0 Å². The zero-order valence-electron chi connectivity index (χ0n) is 6.72. The van der Waals surface area contributed by atoms with Crippen LogP contribution < -0.4 is 0 Å². The molecule has 0 bridgehead atoms. The fourth-order valence-electron chi connectivity index (χ4n) is 0.697. The molecule has 52 valence electrons. The molecule has 0 heterocycles. The molecular formula is C9H13B. The summed E-state index contributed by atoms with van der Waals surface area (Å²) in [5.41, 5.74) is 2.38. The van der Waals surface area contributed by atoms with Crippen molar-refractivity contribution in [2.75, 3.05) is 0 Å². The quantitative estimate of drug-likeness (QED) is 0.409. The lowest BCUT2D eigenvalue weighted by Gasteiger charge is -1.95. The topological polar surface area (TPSA) is 0 Å². The molecule has 0 unspecified atom stereocenters. The van der Waals surface area contributed by atoms with Crippen molar-refractivity contribution in [3.05, 3.63) is 36.0 Å². The van der Waals surface area contributed by atoms with Crippen LogP contribution in [-0.2, 0) is 0 Å². The van der Waals surface area contributed by atoms with E-state index in [1.807, 2.05) is 19.9 Å². The van der Waals surface area contributed by atoms with Gasteiger partial charge in [0.05, 0.1) is 7.85 Å². The van der Waals surface area contributed by atoms with Crippen LogP contribution in [0, 0.1) is 0 Å². The second-order valence-electron chi connectivity index (χ2n) is 2.40. The molecule has 0 spiro atoms. The van der Waals surface area contributed by atoms with Crippen molar-refractivity contribution in [2.24, 2.45) is 0 Å². The maximum absolute atomic E-state index is 5.45. The molecular weight excluding hydrogens is 119 g/mol. The maximum Gasteiger partial charge on any atom is 0.0716 e. The highest BCUT2D eigenvalue weighted by molar-refractivity contribution is 6.10. The Bertz CT molecular complexity index is 157. The first-order chi connectivity index (χ1) is 4.70. The van der Waals surface area contributed by atoms with Gasteiger partial charge in [-0.1, -0.05) is 42.3 Å². The van der Waals surface area contributed by atoms with Crippen LogP contribution in [0.2, 0.25) is 6.32 Å². The van der Waals surface area contributed by atoms with Gasteiger partial charge in [-0.25, -0.2) is 0 Å². The van der Waals surface area contributed by atoms with Crippen molar-refractivity contribution in [2.45, 2.75) is 20.2 Å². The standard InChI is InChI=1S/C9H13B/c1-4-5-9(7-10)6-8(2)3/h4-6H,1,7H2,2-3H3/b9-5+. The van der Waals surface area contributed by atoms with Crippen molar-refractivity contribution in [1.82, 2.24) is 0 Å². The summed E-state index contributed by atoms with van der Waals surface area (Å²) < 4.78 is 0. The Morgan fingerprint density at radius 1 is 1.50 bits per heavy atom. The zero-order valence-corrected chi connectivity index (χ0v) is 6.72. The van der Waals surface area contributed by atoms with Crippen molar-refractivity contribution in [3.63, 3.8) is 0 Å². The highest BCUT2D eigenvalue weighted by Crippen LogP contribution is 2.04. The van der Waals surface area contributed by atoms with Crippen LogP contribution in [-0.4, -0.2) is 7.85 Å². The van der Waals surface area contributed by atoms with Crippen LogP contribution in [0.3, 0.4) is 0 Å². The highest BCUT2D eigenvalue weighted by Gasteiger charge is 1.84. The molecule has 2 radical (unpaired) electrons. The van der Waals surface area contributed by atoms with E-state index in [1.165, 1.54) is 5.57 Å². The minimum absolute atomic E-state index is 0.581. The summed E-state index contributed by atoms with van der Waals surface area (Å²) in [7, 11) is 5.45. The maximum atomic E-state index is 5.45. The molecule has 0 saturated carbocycles. The molecule has 0 nitrogen and oxygen atoms in total. The number of rotatable bonds is 3. The second-order valence-corrected chi connectivity index (χ2v) is 2.40. The molecule has 0 aliphatic heterocycles. The predicted molar refractivity (Wildman–Crippen MR) is 48.3 cm³/mol. The molecule has 0 aliphatic carbocycles. The van der Waals surface area contributed by atoms with Gasteiger partial charge in [0.25, 0.3) is 0 Å². The van der Waals surface area contributed by atoms with Crippen LogP contribution in [0.5, 0.6) is 0 Å². The van der Waals surface area contributed by atoms with Crippen LogP contribution >= 0.6 is 0 Å². The van der Waals surface area contributed by atoms with Gasteiger partial charge in [0.2, 0.25) is 0 Å². The first-order valence-corrected chi connectivity index (χ1v) is 3.37. The molecule has 0 aliphatic rings. The third-order valence-corrected chi connectivity index (χ3v) is 1.04. The Kier molecular flexibility index (Phi) is 4.74. The molecule has 0 amide bonds. The van der Waals surface area contributed by atoms with Crippen molar-refractivity contribution in [1.29, 1.82) is 0 Å². The lowest BCUT2D eigenvalue weighted by Crippen LogP contribution is -1.76. The Morgan fingerprint density at radius 2 is 2.10 bits per heavy atom. The van der Waals surface area contributed by atoms with Crippen LogP contribution in [0.15, 0.2) is 36.0 Å². The summed E-state index contributed by atoms with van der Waals surface area (Å²) in [6.45, 7) is 7.69. The predicted octanol–water partition coefficient (Wildman–Crippen LogP) is 2.65. The van der Waals surface area contributed by atoms with Crippen molar-refractivity contribution < 1.29 is 0 Å². The smallest absolute Gasteiger partial charge is 0.0716 e. The Hall–Kier alpha value is -0.715. The van der Waals surface area contributed by atoms with Gasteiger partial charge in [-0.2, -0.15) is 0 Å². The Labute approximate surface area is 64.7 Å². The third kappa shape index (κ3) is 4.19. The molecule has 0 rings (SSSR count). The lowest BCUT2D eigenvalue weighted by molar-refractivity contribution is 1.35. The van der Waals surface area contributed by atoms with Crippen LogP contribution in [0.1, 0.15) is 13.8 Å². The normalized spacial score (nSPS) is 10.8. The Balaban J connectivity index is 4.22. The van der Waals surface area contributed by atoms with Gasteiger partial charge in [-0.05, 0) is 13.8 Å². The van der Waals surface area contributed by atoms with E-state index in [9.17, 15) is 0 Å². The summed E-state index contributed by atoms with van der Waals surface area (Å²) >= 11 is 0. The molecule has 0 aromatic carbocycles. The van der Waals surface area contributed by atoms with Gasteiger partial charge in [0.15, 0.2) is 0 Å². The van der Waals surface area contributed by atoms with Crippen LogP contribution in [0.25, 0.3) is 0 Å². The average Bonchev–Trinajstić information content (AvgIpc) is 1.86. The number of hydrogen-bond donors (Lipinski definition) is 0. The zero-order chi connectivity index (χ0) is 7.98. The molecule has 0 saturated heterocycles. The Morgan fingerprint density at radius 3 is 2.40 bits per heavy atom. The summed E-state index contributed by atoms with van der Waals surface area (Å²) in [5, 5.41) is 0. The fourth-order valence-corrected chi connectivity index (χ4v) is 0.697. The average molecular weight is 132 g/mol. The van der Waals surface area contributed by atoms with Gasteiger partial charge in [-0.3, -0.25) is 0 Å². The van der Waals surface area contributed by atoms with E-state index in [-0.39, 0.29) is 0 Å². The summed E-state index contributed by atoms with van der Waals surface area (Å²) in [4.78, 5) is 0. The summed E-state index contributed by atoms with van der Waals surface area (Å²) in [6.07, 6.45) is 6.31. The number of hydrogen-bond acceptors (Lipinski definition) is 0. The monoisotopic (exact) mass is 132 g/mol. The summed E-state index contributed by atoms with van der Waals surface area (Å²) in [6, 6.07) is 0. The fraction of sp³-hybridized carbons (Fsp3) is 0.333. The van der Waals surface area contributed by atoms with E-state index in [2.05, 4.69) is 12.7 Å². The molecule has 1 heteroatoms. The van der Waals surface area contributed by atoms with Gasteiger partial charge < -0.3 is 0 Å². The van der Waals surface area contributed by atoms with E-state index in [0.717, 1.165) is 5.57 Å². The van der Waals surface area contributed by atoms with Crippen molar-refractivity contribution in [3.8, 4) is 0 Å². The minimum Gasteiger partial charge on any atom is -0.0991 e. The first-order valence-electron chi connectivity index (χ1n) is 3.37. The molecule has 0 aromatic rings. The highest BCUT2D eigenvalue weighted by atomic mass is 13.9. The summed E-state index contributed by atoms with van der Waals surface area (Å²) in [5.74, 6) is 0. The molecule has 10 heavy (non-hydrogen) atoms. The molecule has 0 atom stereocenters. The van der Waals surface area contributed by atoms with Gasteiger partial charge in [0.1, 0.15) is 0 Å². The van der Waals surface area contributed by atoms with Gasteiger partial charge in [0, 0.05) is 0 Å². The molecule has 0 N–H and O–H groups in total. The first kappa shape index (κ1) is 9.28. The molecule has 0 aromatic heterocycles. The SMILES string of the molecule is [B]C/C(C=C(C)C)=C/C=C. The van der Waals surface area contributed by atoms with E-state index in [1.54, 1.807) is 6.08 Å². The molecule has 0 fully saturated rings. The van der Waals surface area contributed by atoms with Crippen molar-refractivity contribution >= 4 is 7.85 Å². The van der Waals surface area contributed by atoms with E-state index >= 15 is 0 Å². The largest absolute Gasteiger partial charge is 0.0991 e. The lowest BCUT2D eigenvalue weighted by atomic mass is 9.95. The van der Waals surface area contributed by atoms with E-state index < -0.39 is 0 Å². The number of allylic oxidation sites excluding steroid dienone is 5. The minimum atomic E-state index is 0.581. The van der Waals surface area contributed by atoms with Gasteiger partial charge in [-0.15, -0.1) is 0 Å². The van der Waals surface area contributed by atoms with E-state index in [0.29, 0.717) is 6.32 Å². The third-order valence-electron chi connectivity index (χ3n) is 1.04. The second kappa shape index (κ2) is 5.10. The van der Waals surface area contributed by atoms with Crippen LogP contribution in [0.4, 0.5) is 0 Å². The van der Waals surface area contributed by atoms with E-state index in [4.69, 9.17) is 7.85 Å².